The molecule has 0 heterocycles. The van der Waals surface area contributed by atoms with E-state index in [4.69, 9.17) is 4.74 Å². The Balaban J connectivity index is 2.01. The number of carbonyl (C=O) groups is 3. The molecule has 2 rings (SSSR count). The monoisotopic (exact) mass is 536 g/mol. The lowest BCUT2D eigenvalue weighted by atomic mass is 10.0. The van der Waals surface area contributed by atoms with E-state index < -0.39 is 23.7 Å². The third-order valence-corrected chi connectivity index (χ3v) is 5.46. The number of halogens is 3. The molecule has 0 bridgehead atoms. The maximum absolute atomic E-state index is 13.2. The van der Waals surface area contributed by atoms with Crippen molar-refractivity contribution in [2.75, 3.05) is 26.2 Å². The summed E-state index contributed by atoms with van der Waals surface area (Å²) in [4.78, 5) is 35.2. The highest BCUT2D eigenvalue weighted by Gasteiger charge is 2.30. The van der Waals surface area contributed by atoms with Crippen molar-refractivity contribution in [1.82, 2.24) is 21.3 Å². The molecule has 0 aliphatic rings. The van der Waals surface area contributed by atoms with Gasteiger partial charge in [-0.1, -0.05) is 36.4 Å². The van der Waals surface area contributed by atoms with Crippen molar-refractivity contribution >= 4 is 18.2 Å². The predicted octanol–water partition coefficient (Wildman–Crippen LogP) is 2.60. The van der Waals surface area contributed by atoms with Gasteiger partial charge >= 0.3 is 6.18 Å². The Morgan fingerprint density at radius 2 is 1.82 bits per heavy atom. The molecule has 4 N–H and O–H groups in total. The molecule has 1 atom stereocenters. The SMILES string of the molecule is CC(C)NC(=O)CNC(=O)[C@@H](Cc1cccc(C(F)(F)F)c1)NCCOc1ccccc1CCCNC=O. The molecule has 0 unspecified atom stereocenters. The van der Waals surface area contributed by atoms with Crippen molar-refractivity contribution in [2.45, 2.75) is 51.4 Å². The van der Waals surface area contributed by atoms with Crippen LogP contribution in [0.1, 0.15) is 37.0 Å². The third kappa shape index (κ3) is 11.2. The van der Waals surface area contributed by atoms with Gasteiger partial charge in [0.15, 0.2) is 0 Å². The number of hydrogen-bond donors (Lipinski definition) is 4. The zero-order chi connectivity index (χ0) is 28.0. The molecular weight excluding hydrogens is 501 g/mol. The summed E-state index contributed by atoms with van der Waals surface area (Å²) in [6.07, 6.45) is -2.43. The summed E-state index contributed by atoms with van der Waals surface area (Å²) in [5, 5.41) is 10.9. The first-order valence-corrected chi connectivity index (χ1v) is 12.4. The van der Waals surface area contributed by atoms with Gasteiger partial charge in [-0.2, -0.15) is 13.2 Å². The molecule has 0 spiro atoms. The summed E-state index contributed by atoms with van der Waals surface area (Å²) in [6, 6.07) is 11.3. The minimum Gasteiger partial charge on any atom is -0.492 e. The molecular formula is C27H35F3N4O4. The van der Waals surface area contributed by atoms with Gasteiger partial charge in [-0.15, -0.1) is 0 Å². The molecule has 208 valence electrons. The average molecular weight is 537 g/mol. The Bertz CT molecular complexity index is 1050. The number of benzene rings is 2. The van der Waals surface area contributed by atoms with Gasteiger partial charge in [0.1, 0.15) is 12.4 Å². The fourth-order valence-electron chi connectivity index (χ4n) is 3.72. The van der Waals surface area contributed by atoms with E-state index >= 15 is 0 Å². The lowest BCUT2D eigenvalue weighted by molar-refractivity contribution is -0.137. The maximum atomic E-state index is 13.2. The van der Waals surface area contributed by atoms with Crippen molar-refractivity contribution in [1.29, 1.82) is 0 Å². The van der Waals surface area contributed by atoms with Crippen LogP contribution in [0.2, 0.25) is 0 Å². The van der Waals surface area contributed by atoms with E-state index in [1.807, 2.05) is 24.3 Å². The highest BCUT2D eigenvalue weighted by Crippen LogP contribution is 2.29. The molecule has 8 nitrogen and oxygen atoms in total. The zero-order valence-electron chi connectivity index (χ0n) is 21.6. The van der Waals surface area contributed by atoms with E-state index in [2.05, 4.69) is 21.3 Å². The van der Waals surface area contributed by atoms with Gasteiger partial charge < -0.3 is 26.0 Å². The van der Waals surface area contributed by atoms with E-state index in [1.54, 1.807) is 13.8 Å². The Hall–Kier alpha value is -3.60. The molecule has 0 fully saturated rings. The Morgan fingerprint density at radius 3 is 2.53 bits per heavy atom. The summed E-state index contributed by atoms with van der Waals surface area (Å²) in [7, 11) is 0. The zero-order valence-corrected chi connectivity index (χ0v) is 21.6. The standard InChI is InChI=1S/C27H35F3N4O4/c1-19(2)34-25(36)17-33-26(37)23(16-20-7-5-10-22(15-20)27(28,29)30)32-13-14-38-24-11-4-3-8-21(24)9-6-12-31-18-35/h3-5,7-8,10-11,15,18-19,23,32H,6,9,12-14,16-17H2,1-2H3,(H,31,35)(H,33,37)(H,34,36)/t23-/m1/s1. The Kier molecular flexibility index (Phi) is 12.6. The number of rotatable bonds is 16. The number of aryl methyl sites for hydroxylation is 1. The summed E-state index contributed by atoms with van der Waals surface area (Å²) in [5.74, 6) is -0.205. The van der Waals surface area contributed by atoms with Gasteiger partial charge in [-0.05, 0) is 56.4 Å². The number of hydrogen-bond acceptors (Lipinski definition) is 5. The van der Waals surface area contributed by atoms with E-state index in [1.165, 1.54) is 12.1 Å². The smallest absolute Gasteiger partial charge is 0.416 e. The third-order valence-electron chi connectivity index (χ3n) is 5.46. The minimum absolute atomic E-state index is 0.0120. The second-order valence-corrected chi connectivity index (χ2v) is 8.98. The van der Waals surface area contributed by atoms with Crippen LogP contribution in [0.3, 0.4) is 0 Å². The number of carbonyl (C=O) groups excluding carboxylic acids is 3. The highest BCUT2D eigenvalue weighted by atomic mass is 19.4. The topological polar surface area (TPSA) is 109 Å². The average Bonchev–Trinajstić information content (AvgIpc) is 2.87. The molecule has 3 amide bonds. The van der Waals surface area contributed by atoms with Crippen LogP contribution in [-0.4, -0.2) is 56.5 Å². The fourth-order valence-corrected chi connectivity index (χ4v) is 3.72. The number of ether oxygens (including phenoxy) is 1. The molecule has 0 aliphatic carbocycles. The van der Waals surface area contributed by atoms with E-state index in [9.17, 15) is 27.6 Å². The number of amides is 3. The number of para-hydroxylation sites is 1. The first-order valence-electron chi connectivity index (χ1n) is 12.4. The first kappa shape index (κ1) is 30.6. The Labute approximate surface area is 220 Å². The quantitative estimate of drug-likeness (QED) is 0.195. The van der Waals surface area contributed by atoms with Crippen LogP contribution in [0.15, 0.2) is 48.5 Å². The van der Waals surface area contributed by atoms with E-state index in [-0.39, 0.29) is 38.1 Å². The molecule has 11 heteroatoms. The summed E-state index contributed by atoms with van der Waals surface area (Å²) in [6.45, 7) is 4.30. The van der Waals surface area contributed by atoms with Gasteiger partial charge in [-0.3, -0.25) is 14.4 Å². The summed E-state index contributed by atoms with van der Waals surface area (Å²) in [5.41, 5.74) is 0.498. The second-order valence-electron chi connectivity index (χ2n) is 8.98. The van der Waals surface area contributed by atoms with Crippen molar-refractivity contribution in [3.8, 4) is 5.75 Å². The normalized spacial score (nSPS) is 12.1. The number of alkyl halides is 3. The molecule has 0 aromatic heterocycles. The highest BCUT2D eigenvalue weighted by molar-refractivity contribution is 5.87. The van der Waals surface area contributed by atoms with Crippen molar-refractivity contribution in [2.24, 2.45) is 0 Å². The molecule has 2 aromatic carbocycles. The van der Waals surface area contributed by atoms with Crippen LogP contribution >= 0.6 is 0 Å². The van der Waals surface area contributed by atoms with Crippen molar-refractivity contribution < 1.29 is 32.3 Å². The lowest BCUT2D eigenvalue weighted by Crippen LogP contribution is -2.49. The van der Waals surface area contributed by atoms with Gasteiger partial charge in [0.25, 0.3) is 0 Å². The summed E-state index contributed by atoms with van der Waals surface area (Å²) < 4.78 is 45.4. The van der Waals surface area contributed by atoms with Crippen LogP contribution < -0.4 is 26.0 Å². The fraction of sp³-hybridized carbons (Fsp3) is 0.444. The summed E-state index contributed by atoms with van der Waals surface area (Å²) >= 11 is 0. The van der Waals surface area contributed by atoms with E-state index in [0.717, 1.165) is 24.1 Å². The van der Waals surface area contributed by atoms with Crippen molar-refractivity contribution in [3.05, 3.63) is 65.2 Å². The minimum atomic E-state index is -4.50. The molecule has 2 aromatic rings. The Morgan fingerprint density at radius 1 is 1.05 bits per heavy atom. The molecule has 38 heavy (non-hydrogen) atoms. The van der Waals surface area contributed by atoms with Crippen LogP contribution in [0.5, 0.6) is 5.75 Å². The van der Waals surface area contributed by atoms with Crippen LogP contribution in [-0.2, 0) is 33.4 Å². The first-order chi connectivity index (χ1) is 18.1. The van der Waals surface area contributed by atoms with Crippen LogP contribution in [0.25, 0.3) is 0 Å². The second kappa shape index (κ2) is 15.6. The van der Waals surface area contributed by atoms with E-state index in [0.29, 0.717) is 30.7 Å². The number of nitrogens with one attached hydrogen (secondary N) is 4. The lowest BCUT2D eigenvalue weighted by Gasteiger charge is -2.20. The molecule has 0 aliphatic heterocycles. The largest absolute Gasteiger partial charge is 0.492 e. The van der Waals surface area contributed by atoms with Gasteiger partial charge in [0, 0.05) is 19.1 Å². The van der Waals surface area contributed by atoms with Crippen LogP contribution in [0, 0.1) is 0 Å². The predicted molar refractivity (Wildman–Crippen MR) is 138 cm³/mol. The molecule has 0 saturated heterocycles. The van der Waals surface area contributed by atoms with Gasteiger partial charge in [0.05, 0.1) is 18.2 Å². The van der Waals surface area contributed by atoms with Crippen LogP contribution in [0.4, 0.5) is 13.2 Å². The molecule has 0 radical (unpaired) electrons. The maximum Gasteiger partial charge on any atom is 0.416 e. The van der Waals surface area contributed by atoms with Gasteiger partial charge in [0.2, 0.25) is 18.2 Å². The molecule has 0 saturated carbocycles. The van der Waals surface area contributed by atoms with Gasteiger partial charge in [-0.25, -0.2) is 0 Å². The van der Waals surface area contributed by atoms with Crippen molar-refractivity contribution in [3.63, 3.8) is 0 Å².